The van der Waals surface area contributed by atoms with Gasteiger partial charge >= 0.3 is 6.09 Å². The highest BCUT2D eigenvalue weighted by atomic mass is 16.4. The normalized spacial score (nSPS) is 26.8. The summed E-state index contributed by atoms with van der Waals surface area (Å²) >= 11 is 0. The van der Waals surface area contributed by atoms with Crippen molar-refractivity contribution in [3.05, 3.63) is 35.4 Å². The van der Waals surface area contributed by atoms with E-state index in [0.29, 0.717) is 0 Å². The van der Waals surface area contributed by atoms with Gasteiger partial charge in [0.15, 0.2) is 0 Å². The van der Waals surface area contributed by atoms with E-state index in [2.05, 4.69) is 10.6 Å². The van der Waals surface area contributed by atoms with Crippen molar-refractivity contribution in [2.45, 2.75) is 25.9 Å². The van der Waals surface area contributed by atoms with Crippen LogP contribution in [0.25, 0.3) is 0 Å². The number of carbonyl (C=O) groups is 2. The fraction of sp³-hybridized carbons (Fsp3) is 0.385. The molecule has 0 aromatic heterocycles. The molecule has 1 aromatic rings. The molecule has 5 heteroatoms. The summed E-state index contributed by atoms with van der Waals surface area (Å²) in [5.74, 6) is -0.494. The van der Waals surface area contributed by atoms with Crippen LogP contribution >= 0.6 is 0 Å². The predicted octanol–water partition coefficient (Wildman–Crippen LogP) is 1.44. The van der Waals surface area contributed by atoms with E-state index in [1.54, 1.807) is 6.92 Å². The molecule has 2 amide bonds. The van der Waals surface area contributed by atoms with Gasteiger partial charge < -0.3 is 15.7 Å². The van der Waals surface area contributed by atoms with Crippen molar-refractivity contribution < 1.29 is 14.7 Å². The van der Waals surface area contributed by atoms with E-state index in [9.17, 15) is 9.59 Å². The first-order chi connectivity index (χ1) is 8.49. The molecule has 3 N–H and O–H groups in total. The Bertz CT molecular complexity index is 487. The van der Waals surface area contributed by atoms with Gasteiger partial charge in [0.1, 0.15) is 0 Å². The Morgan fingerprint density at radius 3 is 2.78 bits per heavy atom. The first-order valence-electron chi connectivity index (χ1n) is 5.85. The number of nitrogens with one attached hydrogen (secondary N) is 2. The number of benzene rings is 1. The summed E-state index contributed by atoms with van der Waals surface area (Å²) in [6.07, 6.45) is -1.11. The minimum atomic E-state index is -1.11. The third kappa shape index (κ3) is 2.30. The highest BCUT2D eigenvalue weighted by molar-refractivity contribution is 5.83. The number of hydrogen-bond donors (Lipinski definition) is 3. The molecule has 96 valence electrons. The summed E-state index contributed by atoms with van der Waals surface area (Å²) in [4.78, 5) is 22.5. The quantitative estimate of drug-likeness (QED) is 0.741. The molecular weight excluding hydrogens is 232 g/mol. The van der Waals surface area contributed by atoms with Gasteiger partial charge in [-0.2, -0.15) is 0 Å². The van der Waals surface area contributed by atoms with Crippen LogP contribution in [-0.4, -0.2) is 23.1 Å². The van der Waals surface area contributed by atoms with Gasteiger partial charge in [-0.05, 0) is 12.5 Å². The fourth-order valence-electron chi connectivity index (χ4n) is 2.33. The standard InChI is InChI=1S/C13H16N2O3/c1-7-4-3-5-9(6-7)11-10(15-13(17)18)8(2)12(16)14-11/h3-6,8,10-11,15H,1-2H3,(H,14,16)(H,17,18)/t8-,10-,11-/m0/s1. The van der Waals surface area contributed by atoms with Crippen molar-refractivity contribution >= 4 is 12.0 Å². The van der Waals surface area contributed by atoms with Crippen molar-refractivity contribution in [3.8, 4) is 0 Å². The molecule has 0 bridgehead atoms. The third-order valence-corrected chi connectivity index (χ3v) is 3.30. The summed E-state index contributed by atoms with van der Waals surface area (Å²) in [5, 5.41) is 14.1. The number of carboxylic acid groups (broad SMARTS) is 1. The lowest BCUT2D eigenvalue weighted by molar-refractivity contribution is -0.122. The lowest BCUT2D eigenvalue weighted by Crippen LogP contribution is -2.40. The number of rotatable bonds is 2. The molecule has 1 fully saturated rings. The Morgan fingerprint density at radius 2 is 2.17 bits per heavy atom. The van der Waals surface area contributed by atoms with Gasteiger partial charge in [-0.25, -0.2) is 4.79 Å². The zero-order valence-electron chi connectivity index (χ0n) is 10.3. The van der Waals surface area contributed by atoms with Gasteiger partial charge in [-0.15, -0.1) is 0 Å². The Hall–Kier alpha value is -2.04. The fourth-order valence-corrected chi connectivity index (χ4v) is 2.33. The Kier molecular flexibility index (Phi) is 3.23. The molecule has 1 heterocycles. The van der Waals surface area contributed by atoms with Gasteiger partial charge in [0.2, 0.25) is 5.91 Å². The Morgan fingerprint density at radius 1 is 1.44 bits per heavy atom. The molecule has 1 aliphatic heterocycles. The number of hydrogen-bond acceptors (Lipinski definition) is 2. The van der Waals surface area contributed by atoms with E-state index in [1.807, 2.05) is 31.2 Å². The highest BCUT2D eigenvalue weighted by Gasteiger charge is 2.41. The van der Waals surface area contributed by atoms with Crippen molar-refractivity contribution in [1.82, 2.24) is 10.6 Å². The zero-order chi connectivity index (χ0) is 13.3. The Balaban J connectivity index is 2.30. The maximum atomic E-state index is 11.7. The van der Waals surface area contributed by atoms with E-state index in [4.69, 9.17) is 5.11 Å². The minimum Gasteiger partial charge on any atom is -0.465 e. The summed E-state index contributed by atoms with van der Waals surface area (Å²) in [5.41, 5.74) is 2.00. The van der Waals surface area contributed by atoms with E-state index >= 15 is 0 Å². The second-order valence-electron chi connectivity index (χ2n) is 4.66. The van der Waals surface area contributed by atoms with Crippen LogP contribution in [0.1, 0.15) is 24.1 Å². The average Bonchev–Trinajstić information content (AvgIpc) is 2.57. The zero-order valence-corrected chi connectivity index (χ0v) is 10.3. The maximum absolute atomic E-state index is 11.7. The van der Waals surface area contributed by atoms with Crippen LogP contribution in [0.15, 0.2) is 24.3 Å². The number of aryl methyl sites for hydroxylation is 1. The topological polar surface area (TPSA) is 78.4 Å². The Labute approximate surface area is 105 Å². The molecule has 0 radical (unpaired) electrons. The molecule has 0 spiro atoms. The molecule has 1 aliphatic rings. The van der Waals surface area contributed by atoms with Crippen LogP contribution < -0.4 is 10.6 Å². The first kappa shape index (κ1) is 12.4. The highest BCUT2D eigenvalue weighted by Crippen LogP contribution is 2.28. The molecule has 1 aromatic carbocycles. The molecule has 2 rings (SSSR count). The van der Waals surface area contributed by atoms with Gasteiger partial charge in [0.25, 0.3) is 0 Å². The van der Waals surface area contributed by atoms with E-state index in [1.165, 1.54) is 0 Å². The molecule has 3 atom stereocenters. The van der Waals surface area contributed by atoms with Gasteiger partial charge in [0.05, 0.1) is 18.0 Å². The molecule has 0 unspecified atom stereocenters. The van der Waals surface area contributed by atoms with Crippen LogP contribution in [0.4, 0.5) is 4.79 Å². The summed E-state index contributed by atoms with van der Waals surface area (Å²) in [7, 11) is 0. The van der Waals surface area contributed by atoms with Crippen LogP contribution in [0.2, 0.25) is 0 Å². The van der Waals surface area contributed by atoms with Crippen LogP contribution in [0, 0.1) is 12.8 Å². The monoisotopic (exact) mass is 248 g/mol. The largest absolute Gasteiger partial charge is 0.465 e. The average molecular weight is 248 g/mol. The lowest BCUT2D eigenvalue weighted by atomic mass is 9.94. The first-order valence-corrected chi connectivity index (χ1v) is 5.85. The van der Waals surface area contributed by atoms with Gasteiger partial charge in [-0.1, -0.05) is 36.8 Å². The molecule has 1 saturated heterocycles. The summed E-state index contributed by atoms with van der Waals surface area (Å²) < 4.78 is 0. The number of carbonyl (C=O) groups excluding carboxylic acids is 1. The van der Waals surface area contributed by atoms with Crippen LogP contribution in [-0.2, 0) is 4.79 Å². The second-order valence-corrected chi connectivity index (χ2v) is 4.66. The maximum Gasteiger partial charge on any atom is 0.404 e. The molecule has 5 nitrogen and oxygen atoms in total. The molecule has 18 heavy (non-hydrogen) atoms. The predicted molar refractivity (Wildman–Crippen MR) is 66.2 cm³/mol. The van der Waals surface area contributed by atoms with Crippen molar-refractivity contribution in [1.29, 1.82) is 0 Å². The van der Waals surface area contributed by atoms with E-state index in [0.717, 1.165) is 11.1 Å². The van der Waals surface area contributed by atoms with Crippen molar-refractivity contribution in [2.75, 3.05) is 0 Å². The number of amides is 2. The molecular formula is C13H16N2O3. The van der Waals surface area contributed by atoms with Crippen LogP contribution in [0.5, 0.6) is 0 Å². The summed E-state index contributed by atoms with van der Waals surface area (Å²) in [6.45, 7) is 3.69. The minimum absolute atomic E-state index is 0.125. The molecule has 0 aliphatic carbocycles. The summed E-state index contributed by atoms with van der Waals surface area (Å²) in [6, 6.07) is 6.98. The molecule has 0 saturated carbocycles. The van der Waals surface area contributed by atoms with Crippen molar-refractivity contribution in [2.24, 2.45) is 5.92 Å². The van der Waals surface area contributed by atoms with Crippen molar-refractivity contribution in [3.63, 3.8) is 0 Å². The third-order valence-electron chi connectivity index (χ3n) is 3.30. The van der Waals surface area contributed by atoms with Gasteiger partial charge in [-0.3, -0.25) is 4.79 Å². The lowest BCUT2D eigenvalue weighted by Gasteiger charge is -2.21. The SMILES string of the molecule is Cc1cccc([C@@H]2NC(=O)[C@@H](C)[C@@H]2NC(=O)O)c1. The van der Waals surface area contributed by atoms with E-state index in [-0.39, 0.29) is 17.9 Å². The smallest absolute Gasteiger partial charge is 0.404 e. The second kappa shape index (κ2) is 4.68. The van der Waals surface area contributed by atoms with E-state index < -0.39 is 12.1 Å². The van der Waals surface area contributed by atoms with Gasteiger partial charge in [0, 0.05) is 0 Å². The van der Waals surface area contributed by atoms with Crippen LogP contribution in [0.3, 0.4) is 0 Å².